The number of rotatable bonds is 1. The summed E-state index contributed by atoms with van der Waals surface area (Å²) in [6.45, 7) is 0.843. The van der Waals surface area contributed by atoms with Gasteiger partial charge >= 0.3 is 0 Å². The van der Waals surface area contributed by atoms with Crippen LogP contribution in [0.4, 0.5) is 0 Å². The molecule has 0 aliphatic carbocycles. The summed E-state index contributed by atoms with van der Waals surface area (Å²) < 4.78 is 5.59. The third kappa shape index (κ3) is 1.67. The van der Waals surface area contributed by atoms with Crippen LogP contribution in [0.5, 0.6) is 5.75 Å². The summed E-state index contributed by atoms with van der Waals surface area (Å²) in [5.41, 5.74) is 3.50. The van der Waals surface area contributed by atoms with Gasteiger partial charge in [-0.2, -0.15) is 0 Å². The van der Waals surface area contributed by atoms with Crippen molar-refractivity contribution in [3.05, 3.63) is 48.2 Å². The Bertz CT molecular complexity index is 493. The number of aryl methyl sites for hydroxylation is 1. The van der Waals surface area contributed by atoms with Crippen molar-refractivity contribution in [2.75, 3.05) is 6.61 Å². The van der Waals surface area contributed by atoms with E-state index >= 15 is 0 Å². The minimum atomic E-state index is 0.843. The molecule has 0 atom stereocenters. The second-order valence-corrected chi connectivity index (χ2v) is 3.99. The van der Waals surface area contributed by atoms with Gasteiger partial charge in [0.1, 0.15) is 5.75 Å². The highest BCUT2D eigenvalue weighted by atomic mass is 16.5. The number of fused-ring (bicyclic) bond motifs is 1. The van der Waals surface area contributed by atoms with Crippen LogP contribution in [0.15, 0.2) is 42.6 Å². The second-order valence-electron chi connectivity index (χ2n) is 3.99. The van der Waals surface area contributed by atoms with Crippen molar-refractivity contribution in [3.8, 4) is 17.0 Å². The standard InChI is InChI=1S/C14H13NO/c1-2-8-15-13(5-1)11-6-7-14-12(10-11)4-3-9-16-14/h1-2,5-8,10H,3-4,9H2. The molecule has 2 heteroatoms. The zero-order valence-electron chi connectivity index (χ0n) is 9.02. The van der Waals surface area contributed by atoms with Gasteiger partial charge in [-0.1, -0.05) is 6.07 Å². The molecule has 80 valence electrons. The monoisotopic (exact) mass is 211 g/mol. The molecule has 0 spiro atoms. The molecule has 0 fully saturated rings. The second kappa shape index (κ2) is 3.97. The van der Waals surface area contributed by atoms with Crippen LogP contribution in [-0.4, -0.2) is 11.6 Å². The number of pyridine rings is 1. The van der Waals surface area contributed by atoms with E-state index in [1.165, 1.54) is 11.1 Å². The third-order valence-corrected chi connectivity index (χ3v) is 2.87. The molecule has 0 saturated heterocycles. The Morgan fingerprint density at radius 3 is 3.00 bits per heavy atom. The number of hydrogen-bond donors (Lipinski definition) is 0. The summed E-state index contributed by atoms with van der Waals surface area (Å²) in [4.78, 5) is 4.36. The molecule has 0 saturated carbocycles. The van der Waals surface area contributed by atoms with Gasteiger partial charge in [0.25, 0.3) is 0 Å². The highest BCUT2D eigenvalue weighted by Gasteiger charge is 2.11. The Balaban J connectivity index is 2.03. The van der Waals surface area contributed by atoms with E-state index < -0.39 is 0 Å². The van der Waals surface area contributed by atoms with Crippen LogP contribution >= 0.6 is 0 Å². The Hall–Kier alpha value is -1.83. The van der Waals surface area contributed by atoms with Crippen LogP contribution in [0.2, 0.25) is 0 Å². The molecule has 3 rings (SSSR count). The molecule has 0 N–H and O–H groups in total. The van der Waals surface area contributed by atoms with Crippen molar-refractivity contribution in [1.29, 1.82) is 0 Å². The number of nitrogens with zero attached hydrogens (tertiary/aromatic N) is 1. The van der Waals surface area contributed by atoms with E-state index in [1.807, 2.05) is 24.4 Å². The Labute approximate surface area is 94.9 Å². The highest BCUT2D eigenvalue weighted by Crippen LogP contribution is 2.29. The maximum Gasteiger partial charge on any atom is 0.122 e. The van der Waals surface area contributed by atoms with Gasteiger partial charge in [0.05, 0.1) is 12.3 Å². The summed E-state index contributed by atoms with van der Waals surface area (Å²) in [7, 11) is 0. The summed E-state index contributed by atoms with van der Waals surface area (Å²) in [5, 5.41) is 0. The van der Waals surface area contributed by atoms with E-state index in [-0.39, 0.29) is 0 Å². The van der Waals surface area contributed by atoms with Gasteiger partial charge in [0, 0.05) is 11.8 Å². The first-order chi connectivity index (χ1) is 7.93. The fourth-order valence-electron chi connectivity index (χ4n) is 2.05. The quantitative estimate of drug-likeness (QED) is 0.723. The van der Waals surface area contributed by atoms with Gasteiger partial charge < -0.3 is 4.74 Å². The van der Waals surface area contributed by atoms with Crippen LogP contribution < -0.4 is 4.74 Å². The van der Waals surface area contributed by atoms with Crippen LogP contribution in [0.1, 0.15) is 12.0 Å². The number of ether oxygens (including phenoxy) is 1. The van der Waals surface area contributed by atoms with E-state index in [9.17, 15) is 0 Å². The number of aromatic nitrogens is 1. The van der Waals surface area contributed by atoms with Crippen LogP contribution in [0, 0.1) is 0 Å². The van der Waals surface area contributed by atoms with E-state index in [0.717, 1.165) is 30.9 Å². The maximum absolute atomic E-state index is 5.59. The zero-order valence-corrected chi connectivity index (χ0v) is 9.02. The number of benzene rings is 1. The highest BCUT2D eigenvalue weighted by molar-refractivity contribution is 5.62. The average Bonchev–Trinajstić information content (AvgIpc) is 2.39. The average molecular weight is 211 g/mol. The maximum atomic E-state index is 5.59. The van der Waals surface area contributed by atoms with Crippen molar-refractivity contribution >= 4 is 0 Å². The van der Waals surface area contributed by atoms with E-state index in [4.69, 9.17) is 4.74 Å². The molecule has 2 heterocycles. The molecule has 16 heavy (non-hydrogen) atoms. The smallest absolute Gasteiger partial charge is 0.122 e. The molecule has 0 bridgehead atoms. The molecular weight excluding hydrogens is 198 g/mol. The minimum absolute atomic E-state index is 0.843. The zero-order chi connectivity index (χ0) is 10.8. The molecule has 2 aromatic rings. The van der Waals surface area contributed by atoms with Gasteiger partial charge in [-0.05, 0) is 48.7 Å². The van der Waals surface area contributed by atoms with E-state index in [0.29, 0.717) is 0 Å². The molecule has 0 amide bonds. The molecule has 1 aromatic carbocycles. The fraction of sp³-hybridized carbons (Fsp3) is 0.214. The predicted molar refractivity (Wildman–Crippen MR) is 63.5 cm³/mol. The molecule has 1 aliphatic rings. The lowest BCUT2D eigenvalue weighted by molar-refractivity contribution is 0.288. The van der Waals surface area contributed by atoms with Gasteiger partial charge in [-0.15, -0.1) is 0 Å². The molecule has 1 aliphatic heterocycles. The summed E-state index contributed by atoms with van der Waals surface area (Å²) in [6, 6.07) is 12.3. The summed E-state index contributed by atoms with van der Waals surface area (Å²) in [6.07, 6.45) is 4.04. The third-order valence-electron chi connectivity index (χ3n) is 2.87. The van der Waals surface area contributed by atoms with Crippen molar-refractivity contribution in [1.82, 2.24) is 4.98 Å². The Kier molecular flexibility index (Phi) is 2.33. The van der Waals surface area contributed by atoms with Crippen LogP contribution in [0.3, 0.4) is 0 Å². The van der Waals surface area contributed by atoms with E-state index in [1.54, 1.807) is 0 Å². The van der Waals surface area contributed by atoms with E-state index in [2.05, 4.69) is 23.2 Å². The SMILES string of the molecule is c1ccc(-c2ccc3c(c2)CCCO3)nc1. The minimum Gasteiger partial charge on any atom is -0.493 e. The summed E-state index contributed by atoms with van der Waals surface area (Å²) >= 11 is 0. The lowest BCUT2D eigenvalue weighted by Crippen LogP contribution is -2.08. The van der Waals surface area contributed by atoms with Gasteiger partial charge in [-0.3, -0.25) is 4.98 Å². The lowest BCUT2D eigenvalue weighted by Gasteiger charge is -2.17. The first-order valence-electron chi connectivity index (χ1n) is 5.60. The molecule has 0 radical (unpaired) electrons. The van der Waals surface area contributed by atoms with Gasteiger partial charge in [0.2, 0.25) is 0 Å². The van der Waals surface area contributed by atoms with Gasteiger partial charge in [0.15, 0.2) is 0 Å². The normalized spacial score (nSPS) is 14.0. The molecule has 1 aromatic heterocycles. The fourth-order valence-corrected chi connectivity index (χ4v) is 2.05. The Morgan fingerprint density at radius 2 is 2.12 bits per heavy atom. The van der Waals surface area contributed by atoms with Crippen molar-refractivity contribution < 1.29 is 4.74 Å². The molecule has 0 unspecified atom stereocenters. The number of hydrogen-bond acceptors (Lipinski definition) is 2. The first kappa shape index (κ1) is 9.40. The topological polar surface area (TPSA) is 22.1 Å². The van der Waals surface area contributed by atoms with Crippen LogP contribution in [-0.2, 0) is 6.42 Å². The Morgan fingerprint density at radius 1 is 1.12 bits per heavy atom. The van der Waals surface area contributed by atoms with Crippen molar-refractivity contribution in [3.63, 3.8) is 0 Å². The molecule has 2 nitrogen and oxygen atoms in total. The first-order valence-corrected chi connectivity index (χ1v) is 5.60. The lowest BCUT2D eigenvalue weighted by atomic mass is 10.0. The van der Waals surface area contributed by atoms with Crippen molar-refractivity contribution in [2.45, 2.75) is 12.8 Å². The van der Waals surface area contributed by atoms with Crippen LogP contribution in [0.25, 0.3) is 11.3 Å². The van der Waals surface area contributed by atoms with Gasteiger partial charge in [-0.25, -0.2) is 0 Å². The predicted octanol–water partition coefficient (Wildman–Crippen LogP) is 3.07. The molecular formula is C14H13NO. The summed E-state index contributed by atoms with van der Waals surface area (Å²) in [5.74, 6) is 1.03. The largest absolute Gasteiger partial charge is 0.493 e. The van der Waals surface area contributed by atoms with Crippen molar-refractivity contribution in [2.24, 2.45) is 0 Å².